The van der Waals surface area contributed by atoms with Gasteiger partial charge >= 0.3 is 0 Å². The molecule has 0 aliphatic heterocycles. The van der Waals surface area contributed by atoms with Gasteiger partial charge in [0.05, 0.1) is 25.5 Å². The standard InChI is InChI=1S/C14H15N3O3S/c1-19-10-6-4-5-8(12(10)20-2)11-9(7-18)13(21-3)17-14(15)16-11/h4-7H,1-3H3,(H2,15,16,17). The van der Waals surface area contributed by atoms with Gasteiger partial charge in [-0.2, -0.15) is 0 Å². The van der Waals surface area contributed by atoms with Crippen molar-refractivity contribution in [3.8, 4) is 22.8 Å². The largest absolute Gasteiger partial charge is 0.493 e. The van der Waals surface area contributed by atoms with Gasteiger partial charge in [-0.05, 0) is 18.4 Å². The van der Waals surface area contributed by atoms with Crippen LogP contribution < -0.4 is 15.2 Å². The Bertz CT molecular complexity index is 677. The molecule has 0 radical (unpaired) electrons. The van der Waals surface area contributed by atoms with E-state index >= 15 is 0 Å². The first-order valence-electron chi connectivity index (χ1n) is 6.04. The van der Waals surface area contributed by atoms with Gasteiger partial charge in [-0.3, -0.25) is 4.79 Å². The van der Waals surface area contributed by atoms with Crippen LogP contribution in [0.4, 0.5) is 5.95 Å². The number of hydrogen-bond donors (Lipinski definition) is 1. The van der Waals surface area contributed by atoms with Crippen molar-refractivity contribution in [1.82, 2.24) is 9.97 Å². The highest BCUT2D eigenvalue weighted by atomic mass is 32.2. The number of carbonyl (C=O) groups is 1. The minimum absolute atomic E-state index is 0.102. The van der Waals surface area contributed by atoms with Crippen molar-refractivity contribution in [3.63, 3.8) is 0 Å². The van der Waals surface area contributed by atoms with Crippen LogP contribution in [-0.4, -0.2) is 36.7 Å². The molecule has 0 saturated heterocycles. The van der Waals surface area contributed by atoms with Gasteiger partial charge < -0.3 is 15.2 Å². The van der Waals surface area contributed by atoms with E-state index in [0.29, 0.717) is 33.3 Å². The van der Waals surface area contributed by atoms with E-state index in [9.17, 15) is 4.79 Å². The number of thioether (sulfide) groups is 1. The number of aromatic nitrogens is 2. The Hall–Kier alpha value is -2.28. The van der Waals surface area contributed by atoms with Crippen LogP contribution in [-0.2, 0) is 0 Å². The van der Waals surface area contributed by atoms with Crippen LogP contribution >= 0.6 is 11.8 Å². The van der Waals surface area contributed by atoms with Crippen LogP contribution in [0.2, 0.25) is 0 Å². The number of hydrogen-bond acceptors (Lipinski definition) is 7. The summed E-state index contributed by atoms with van der Waals surface area (Å²) in [4.78, 5) is 19.7. The van der Waals surface area contributed by atoms with E-state index in [4.69, 9.17) is 15.2 Å². The lowest BCUT2D eigenvalue weighted by molar-refractivity contribution is 0.112. The summed E-state index contributed by atoms with van der Waals surface area (Å²) in [6.07, 6.45) is 2.54. The number of nitrogen functional groups attached to an aromatic ring is 1. The van der Waals surface area contributed by atoms with Crippen molar-refractivity contribution in [2.24, 2.45) is 0 Å². The molecule has 1 aromatic carbocycles. The van der Waals surface area contributed by atoms with Gasteiger partial charge in [-0.15, -0.1) is 11.8 Å². The quantitative estimate of drug-likeness (QED) is 0.515. The van der Waals surface area contributed by atoms with Crippen LogP contribution in [0.5, 0.6) is 11.5 Å². The summed E-state index contributed by atoms with van der Waals surface area (Å²) < 4.78 is 10.7. The Morgan fingerprint density at radius 1 is 1.24 bits per heavy atom. The third kappa shape index (κ3) is 2.78. The molecule has 2 N–H and O–H groups in total. The Kier molecular flexibility index (Phi) is 4.64. The molecule has 0 atom stereocenters. The smallest absolute Gasteiger partial charge is 0.221 e. The molecule has 1 heterocycles. The lowest BCUT2D eigenvalue weighted by atomic mass is 10.1. The Labute approximate surface area is 126 Å². The first-order valence-corrected chi connectivity index (χ1v) is 7.26. The Morgan fingerprint density at radius 3 is 2.57 bits per heavy atom. The first-order chi connectivity index (χ1) is 10.2. The van der Waals surface area contributed by atoms with E-state index in [1.54, 1.807) is 25.3 Å². The number of aldehydes is 1. The monoisotopic (exact) mass is 305 g/mol. The molecule has 1 aromatic heterocycles. The van der Waals surface area contributed by atoms with E-state index in [1.807, 2.05) is 6.26 Å². The van der Waals surface area contributed by atoms with Crippen molar-refractivity contribution in [1.29, 1.82) is 0 Å². The third-order valence-electron chi connectivity index (χ3n) is 2.90. The maximum absolute atomic E-state index is 11.4. The fourth-order valence-electron chi connectivity index (χ4n) is 2.01. The lowest BCUT2D eigenvalue weighted by Crippen LogP contribution is -2.04. The third-order valence-corrected chi connectivity index (χ3v) is 3.60. The number of para-hydroxylation sites is 1. The van der Waals surface area contributed by atoms with Crippen molar-refractivity contribution in [3.05, 3.63) is 23.8 Å². The van der Waals surface area contributed by atoms with Gasteiger partial charge in [-0.1, -0.05) is 6.07 Å². The topological polar surface area (TPSA) is 87.3 Å². The molecule has 0 saturated carbocycles. The van der Waals surface area contributed by atoms with E-state index in [0.717, 1.165) is 6.29 Å². The van der Waals surface area contributed by atoms with Gasteiger partial charge in [0.25, 0.3) is 0 Å². The molecule has 0 unspecified atom stereocenters. The highest BCUT2D eigenvalue weighted by Gasteiger charge is 2.19. The van der Waals surface area contributed by atoms with Crippen LogP contribution in [0, 0.1) is 0 Å². The van der Waals surface area contributed by atoms with Crippen LogP contribution in [0.25, 0.3) is 11.3 Å². The molecular formula is C14H15N3O3S. The van der Waals surface area contributed by atoms with Gasteiger partial charge in [0.1, 0.15) is 5.03 Å². The van der Waals surface area contributed by atoms with Crippen molar-refractivity contribution in [2.75, 3.05) is 26.2 Å². The number of ether oxygens (including phenoxy) is 2. The minimum atomic E-state index is 0.102. The number of nitrogens with zero attached hydrogens (tertiary/aromatic N) is 2. The fourth-order valence-corrected chi connectivity index (χ4v) is 2.56. The summed E-state index contributed by atoms with van der Waals surface area (Å²) in [6.45, 7) is 0. The number of benzene rings is 1. The second kappa shape index (κ2) is 6.45. The maximum atomic E-state index is 11.4. The summed E-state index contributed by atoms with van der Waals surface area (Å²) in [7, 11) is 3.08. The first kappa shape index (κ1) is 15.1. The van der Waals surface area contributed by atoms with Crippen LogP contribution in [0.15, 0.2) is 23.2 Å². The average Bonchev–Trinajstić information content (AvgIpc) is 2.52. The van der Waals surface area contributed by atoms with Gasteiger partial charge in [0.15, 0.2) is 17.8 Å². The van der Waals surface area contributed by atoms with Crippen molar-refractivity contribution >= 4 is 24.0 Å². The van der Waals surface area contributed by atoms with E-state index < -0.39 is 0 Å². The van der Waals surface area contributed by atoms with Gasteiger partial charge in [0, 0.05) is 5.56 Å². The fraction of sp³-hybridized carbons (Fsp3) is 0.214. The van der Waals surface area contributed by atoms with Crippen molar-refractivity contribution < 1.29 is 14.3 Å². The molecular weight excluding hydrogens is 290 g/mol. The number of methoxy groups -OCH3 is 2. The molecule has 0 fully saturated rings. The second-order valence-electron chi connectivity index (χ2n) is 4.01. The SMILES string of the molecule is COc1cccc(-c2nc(N)nc(SC)c2C=O)c1OC. The zero-order valence-corrected chi connectivity index (χ0v) is 12.7. The zero-order chi connectivity index (χ0) is 15.4. The molecule has 0 bridgehead atoms. The molecule has 7 heteroatoms. The normalized spacial score (nSPS) is 10.2. The highest BCUT2D eigenvalue weighted by molar-refractivity contribution is 7.98. The Balaban J connectivity index is 2.78. The summed E-state index contributed by atoms with van der Waals surface area (Å²) in [5, 5.41) is 0.525. The van der Waals surface area contributed by atoms with Crippen LogP contribution in [0.1, 0.15) is 10.4 Å². The molecule has 21 heavy (non-hydrogen) atoms. The van der Waals surface area contributed by atoms with E-state index in [2.05, 4.69) is 9.97 Å². The summed E-state index contributed by atoms with van der Waals surface area (Å²) in [6, 6.07) is 5.35. The van der Waals surface area contributed by atoms with E-state index in [-0.39, 0.29) is 5.95 Å². The maximum Gasteiger partial charge on any atom is 0.221 e. The molecule has 2 aromatic rings. The number of nitrogens with two attached hydrogens (primary N) is 1. The highest BCUT2D eigenvalue weighted by Crippen LogP contribution is 2.39. The summed E-state index contributed by atoms with van der Waals surface area (Å²) >= 11 is 1.33. The Morgan fingerprint density at radius 2 is 2.00 bits per heavy atom. The molecule has 6 nitrogen and oxygen atoms in total. The lowest BCUT2D eigenvalue weighted by Gasteiger charge is -2.14. The zero-order valence-electron chi connectivity index (χ0n) is 11.9. The summed E-state index contributed by atoms with van der Waals surface area (Å²) in [5.74, 6) is 1.15. The molecule has 0 amide bonds. The van der Waals surface area contributed by atoms with Gasteiger partial charge in [-0.25, -0.2) is 9.97 Å². The molecule has 0 aliphatic rings. The number of rotatable bonds is 5. The number of anilines is 1. The molecule has 2 rings (SSSR count). The van der Waals surface area contributed by atoms with E-state index in [1.165, 1.54) is 18.9 Å². The predicted octanol–water partition coefficient (Wildman–Crippen LogP) is 2.28. The molecule has 0 aliphatic carbocycles. The number of carbonyl (C=O) groups excluding carboxylic acids is 1. The van der Waals surface area contributed by atoms with Crippen molar-refractivity contribution in [2.45, 2.75) is 5.03 Å². The minimum Gasteiger partial charge on any atom is -0.493 e. The predicted molar refractivity (Wildman–Crippen MR) is 82.2 cm³/mol. The average molecular weight is 305 g/mol. The van der Waals surface area contributed by atoms with Crippen LogP contribution in [0.3, 0.4) is 0 Å². The second-order valence-corrected chi connectivity index (χ2v) is 4.81. The molecule has 110 valence electrons. The molecule has 0 spiro atoms. The van der Waals surface area contributed by atoms with Gasteiger partial charge in [0.2, 0.25) is 5.95 Å². The summed E-state index contributed by atoms with van der Waals surface area (Å²) in [5.41, 5.74) is 7.17.